The largest absolute Gasteiger partial charge is 0.360 e. The fraction of sp³-hybridized carbons (Fsp3) is 0.278. The van der Waals surface area contributed by atoms with Crippen LogP contribution in [-0.4, -0.2) is 44.5 Å². The Labute approximate surface area is 150 Å². The molecular weight excluding hydrogens is 340 g/mol. The van der Waals surface area contributed by atoms with Crippen LogP contribution in [0.15, 0.2) is 42.7 Å². The second-order valence-electron chi connectivity index (χ2n) is 6.38. The number of piperazine rings is 1. The predicted molar refractivity (Wildman–Crippen MR) is 94.0 cm³/mol. The van der Waals surface area contributed by atoms with Crippen LogP contribution in [0.4, 0.5) is 11.4 Å². The van der Waals surface area contributed by atoms with Gasteiger partial charge < -0.3 is 9.80 Å². The maximum Gasteiger partial charge on any atom is 0.303 e. The third-order valence-electron chi connectivity index (χ3n) is 4.85. The zero-order chi connectivity index (χ0) is 17.4. The Morgan fingerprint density at radius 3 is 2.52 bits per heavy atom. The van der Waals surface area contributed by atoms with Crippen molar-refractivity contribution in [1.29, 1.82) is 0 Å². The van der Waals surface area contributed by atoms with E-state index in [2.05, 4.69) is 22.0 Å². The minimum Gasteiger partial charge on any atom is -0.360 e. The lowest BCUT2D eigenvalue weighted by atomic mass is 10.1. The molecule has 25 heavy (non-hydrogen) atoms. The fourth-order valence-corrected chi connectivity index (χ4v) is 3.65. The minimum absolute atomic E-state index is 0.413. The van der Waals surface area contributed by atoms with E-state index in [0.717, 1.165) is 26.2 Å². The summed E-state index contributed by atoms with van der Waals surface area (Å²) in [6, 6.07) is 9.19. The van der Waals surface area contributed by atoms with Gasteiger partial charge in [0.2, 0.25) is 0 Å². The molecule has 1 aromatic carbocycles. The number of anilines is 2. The molecule has 2 aliphatic rings. The first kappa shape index (κ1) is 16.1. The van der Waals surface area contributed by atoms with Crippen LogP contribution in [-0.2, 0) is 4.79 Å². The van der Waals surface area contributed by atoms with Gasteiger partial charge in [-0.1, -0.05) is 11.6 Å². The molecule has 1 fully saturated rings. The summed E-state index contributed by atoms with van der Waals surface area (Å²) < 4.78 is 0. The molecule has 1 aromatic heterocycles. The van der Waals surface area contributed by atoms with E-state index in [4.69, 9.17) is 11.6 Å². The number of benzene rings is 1. The molecule has 7 heteroatoms. The zero-order valence-corrected chi connectivity index (χ0v) is 14.4. The summed E-state index contributed by atoms with van der Waals surface area (Å²) in [5, 5.41) is 0.475. The first-order valence-electron chi connectivity index (χ1n) is 8.34. The highest BCUT2D eigenvalue weighted by Gasteiger charge is 2.38. The average Bonchev–Trinajstić information content (AvgIpc) is 2.88. The third-order valence-corrected chi connectivity index (χ3v) is 5.09. The van der Waals surface area contributed by atoms with Crippen LogP contribution in [0.1, 0.15) is 10.4 Å². The summed E-state index contributed by atoms with van der Waals surface area (Å²) in [6.07, 6.45) is 3.84. The zero-order valence-electron chi connectivity index (χ0n) is 13.7. The van der Waals surface area contributed by atoms with Crippen molar-refractivity contribution in [2.75, 3.05) is 42.6 Å². The van der Waals surface area contributed by atoms with Gasteiger partial charge >= 0.3 is 5.91 Å². The Morgan fingerprint density at radius 2 is 1.80 bits per heavy atom. The van der Waals surface area contributed by atoms with Crippen molar-refractivity contribution >= 4 is 34.7 Å². The average molecular weight is 359 g/mol. The van der Waals surface area contributed by atoms with Crippen LogP contribution >= 0.6 is 11.6 Å². The van der Waals surface area contributed by atoms with Gasteiger partial charge in [0.05, 0.1) is 37.4 Å². The molecule has 4 rings (SSSR count). The molecule has 2 aliphatic heterocycles. The number of aromatic nitrogens is 1. The number of halogens is 1. The molecule has 0 aliphatic carbocycles. The summed E-state index contributed by atoms with van der Waals surface area (Å²) in [5.41, 5.74) is 2.29. The van der Waals surface area contributed by atoms with E-state index in [1.807, 2.05) is 12.4 Å². The first-order chi connectivity index (χ1) is 12.1. The Balaban J connectivity index is 1.44. The number of nitrogens with one attached hydrogen (secondary N) is 2. The Bertz CT molecular complexity index is 819. The Morgan fingerprint density at radius 1 is 1.08 bits per heavy atom. The first-order valence-corrected chi connectivity index (χ1v) is 8.71. The lowest BCUT2D eigenvalue weighted by Gasteiger charge is -2.34. The lowest BCUT2D eigenvalue weighted by molar-refractivity contribution is -0.899. The maximum atomic E-state index is 12.3. The summed E-state index contributed by atoms with van der Waals surface area (Å²) in [5.74, 6) is -0.915. The van der Waals surface area contributed by atoms with Crippen molar-refractivity contribution in [2.24, 2.45) is 0 Å². The number of carbonyl (C=O) groups is 2. The van der Waals surface area contributed by atoms with Crippen LogP contribution in [0.5, 0.6) is 0 Å². The molecule has 0 atom stereocenters. The maximum absolute atomic E-state index is 12.3. The van der Waals surface area contributed by atoms with Crippen LogP contribution in [0.25, 0.3) is 0 Å². The van der Waals surface area contributed by atoms with Gasteiger partial charge in [0.15, 0.2) is 19.1 Å². The van der Waals surface area contributed by atoms with Gasteiger partial charge in [0.25, 0.3) is 5.78 Å². The van der Waals surface area contributed by atoms with E-state index >= 15 is 0 Å². The van der Waals surface area contributed by atoms with Crippen LogP contribution in [0, 0.1) is 0 Å². The molecule has 2 aromatic rings. The van der Waals surface area contributed by atoms with E-state index < -0.39 is 11.7 Å². The molecule has 1 saturated heterocycles. The van der Waals surface area contributed by atoms with Crippen molar-refractivity contribution in [3.05, 3.63) is 53.3 Å². The molecule has 0 radical (unpaired) electrons. The summed E-state index contributed by atoms with van der Waals surface area (Å²) in [7, 11) is 0. The second kappa shape index (κ2) is 6.46. The normalized spacial score (nSPS) is 18.0. The number of amides is 1. The summed E-state index contributed by atoms with van der Waals surface area (Å²) in [6.45, 7) is 4.18. The molecule has 0 saturated carbocycles. The molecule has 6 nitrogen and oxygen atoms in total. The van der Waals surface area contributed by atoms with Crippen molar-refractivity contribution in [1.82, 2.24) is 0 Å². The van der Waals surface area contributed by atoms with E-state index in [9.17, 15) is 9.59 Å². The van der Waals surface area contributed by atoms with Crippen molar-refractivity contribution in [3.8, 4) is 0 Å². The van der Waals surface area contributed by atoms with Gasteiger partial charge in [-0.15, -0.1) is 0 Å². The highest BCUT2D eigenvalue weighted by molar-refractivity contribution is 6.52. The molecular formula is C18H19ClN4O2+2. The highest BCUT2D eigenvalue weighted by atomic mass is 35.5. The smallest absolute Gasteiger partial charge is 0.303 e. The fourth-order valence-electron chi connectivity index (χ4n) is 3.48. The second-order valence-corrected chi connectivity index (χ2v) is 6.81. The van der Waals surface area contributed by atoms with Gasteiger partial charge in [-0.2, -0.15) is 0 Å². The predicted octanol–water partition coefficient (Wildman–Crippen LogP) is 0.0460. The third kappa shape index (κ3) is 2.99. The van der Waals surface area contributed by atoms with E-state index in [-0.39, 0.29) is 0 Å². The van der Waals surface area contributed by atoms with Gasteiger partial charge in [-0.05, 0) is 18.2 Å². The minimum atomic E-state index is -0.462. The monoisotopic (exact) mass is 358 g/mol. The summed E-state index contributed by atoms with van der Waals surface area (Å²) >= 11 is 5.96. The molecule has 0 bridgehead atoms. The number of hydrogen-bond donors (Lipinski definition) is 1. The molecule has 2 N–H and O–H groups in total. The number of aromatic amines is 1. The van der Waals surface area contributed by atoms with Crippen molar-refractivity contribution in [2.45, 2.75) is 0 Å². The van der Waals surface area contributed by atoms with Gasteiger partial charge in [-0.25, -0.2) is 4.98 Å². The molecule has 1 amide bonds. The Kier molecular flexibility index (Phi) is 4.15. The number of H-pyrrole nitrogens is 1. The number of ketones is 1. The molecule has 3 heterocycles. The summed E-state index contributed by atoms with van der Waals surface area (Å²) in [4.78, 5) is 32.8. The number of nitrogens with zero attached hydrogens (tertiary/aromatic N) is 2. The van der Waals surface area contributed by atoms with Gasteiger partial charge in [0, 0.05) is 22.8 Å². The van der Waals surface area contributed by atoms with Crippen LogP contribution < -0.4 is 19.7 Å². The number of rotatable bonds is 3. The number of pyridine rings is 1. The standard InChI is InChI=1S/C18H17ClN4O2/c19-13-1-2-16-15(11-13)17(24)18(25)23(16)12-21-7-9-22(10-8-21)14-3-5-20-6-4-14/h1-6,11H,7-10,12H2/p+2. The number of quaternary nitrogens is 1. The van der Waals surface area contributed by atoms with Gasteiger partial charge in [-0.3, -0.25) is 14.5 Å². The number of carbonyl (C=O) groups excluding carboxylic acids is 2. The van der Waals surface area contributed by atoms with E-state index in [1.165, 1.54) is 10.6 Å². The Hall–Kier alpha value is -2.44. The van der Waals surface area contributed by atoms with E-state index in [1.54, 1.807) is 23.1 Å². The van der Waals surface area contributed by atoms with Crippen LogP contribution in [0.3, 0.4) is 0 Å². The van der Waals surface area contributed by atoms with Crippen molar-refractivity contribution in [3.63, 3.8) is 0 Å². The number of fused-ring (bicyclic) bond motifs is 1. The highest BCUT2D eigenvalue weighted by Crippen LogP contribution is 2.30. The topological polar surface area (TPSA) is 59.2 Å². The lowest BCUT2D eigenvalue weighted by Crippen LogP contribution is -3.16. The quantitative estimate of drug-likeness (QED) is 0.789. The molecule has 0 unspecified atom stereocenters. The van der Waals surface area contributed by atoms with Gasteiger partial charge in [0.1, 0.15) is 0 Å². The number of hydrogen-bond acceptors (Lipinski definition) is 3. The van der Waals surface area contributed by atoms with Crippen molar-refractivity contribution < 1.29 is 19.5 Å². The van der Waals surface area contributed by atoms with E-state index in [0.29, 0.717) is 22.9 Å². The van der Waals surface area contributed by atoms with Crippen LogP contribution in [0.2, 0.25) is 5.02 Å². The molecule has 128 valence electrons. The molecule has 0 spiro atoms. The number of Topliss-reactive ketones (excluding diaryl/α,β-unsaturated/α-hetero) is 1. The SMILES string of the molecule is O=C1C(=O)N(C[NH+]2CCN(c3cc[nH+]cc3)CC2)c2ccc(Cl)cc21.